The maximum Gasteiger partial charge on any atom is 0.475 e. The number of hydrogen-bond acceptors (Lipinski definition) is 9. The Bertz CT molecular complexity index is 1060. The summed E-state index contributed by atoms with van der Waals surface area (Å²) >= 11 is 0. The predicted octanol–water partition coefficient (Wildman–Crippen LogP) is 1.59. The first kappa shape index (κ1) is 24.4. The van der Waals surface area contributed by atoms with Crippen molar-refractivity contribution in [1.82, 2.24) is 9.55 Å². The first-order valence-electron chi connectivity index (χ1n) is 10.2. The molecule has 0 bridgehead atoms. The van der Waals surface area contributed by atoms with Crippen molar-refractivity contribution in [2.45, 2.75) is 58.7 Å². The van der Waals surface area contributed by atoms with Crippen molar-refractivity contribution >= 4 is 13.8 Å². The molecule has 2 aliphatic rings. The maximum atomic E-state index is 13.0. The van der Waals surface area contributed by atoms with Crippen LogP contribution >= 0.6 is 7.82 Å². The van der Waals surface area contributed by atoms with Crippen LogP contribution in [0, 0.1) is 23.7 Å². The van der Waals surface area contributed by atoms with Crippen LogP contribution in [0.15, 0.2) is 21.9 Å². The topological polar surface area (TPSA) is 135 Å². The molecular formula is C20H27N2O9P. The quantitative estimate of drug-likeness (QED) is 0.358. The van der Waals surface area contributed by atoms with Gasteiger partial charge in [0.15, 0.2) is 6.23 Å². The van der Waals surface area contributed by atoms with Gasteiger partial charge in [-0.2, -0.15) is 0 Å². The van der Waals surface area contributed by atoms with E-state index in [1.54, 1.807) is 27.7 Å². The number of nitrogens with one attached hydrogen (secondary N) is 1. The summed E-state index contributed by atoms with van der Waals surface area (Å²) in [6, 6.07) is 1.17. The molecule has 3 rings (SSSR count). The third-order valence-electron chi connectivity index (χ3n) is 5.35. The van der Waals surface area contributed by atoms with Gasteiger partial charge in [0, 0.05) is 12.3 Å². The van der Waals surface area contributed by atoms with Crippen LogP contribution in [0.3, 0.4) is 0 Å². The molecule has 0 spiro atoms. The minimum atomic E-state index is -4.00. The number of carbonyl (C=O) groups excluding carboxylic acids is 1. The number of fused-ring (bicyclic) bond motifs is 1. The van der Waals surface area contributed by atoms with Gasteiger partial charge in [-0.1, -0.05) is 12.8 Å². The summed E-state index contributed by atoms with van der Waals surface area (Å²) in [7, 11) is -4.00. The van der Waals surface area contributed by atoms with Crippen molar-refractivity contribution in [3.05, 3.63) is 33.1 Å². The fraction of sp³-hybridized carbons (Fsp3) is 0.650. The number of hydrogen-bond donors (Lipinski definition) is 1. The summed E-state index contributed by atoms with van der Waals surface area (Å²) in [4.78, 5) is 37.7. The normalized spacial score (nSPS) is 32.8. The molecule has 0 amide bonds. The van der Waals surface area contributed by atoms with E-state index in [1.165, 1.54) is 12.3 Å². The first-order valence-corrected chi connectivity index (χ1v) is 11.7. The third kappa shape index (κ3) is 4.90. The smallest absolute Gasteiger partial charge is 0.463 e. The van der Waals surface area contributed by atoms with E-state index in [0.29, 0.717) is 0 Å². The Hall–Kier alpha value is -2.22. The van der Waals surface area contributed by atoms with Crippen LogP contribution in [0.2, 0.25) is 0 Å². The molecule has 2 aliphatic heterocycles. The van der Waals surface area contributed by atoms with Crippen molar-refractivity contribution in [3.63, 3.8) is 0 Å². The third-order valence-corrected chi connectivity index (χ3v) is 6.80. The van der Waals surface area contributed by atoms with Gasteiger partial charge in [-0.25, -0.2) is 9.36 Å². The molecule has 1 aromatic heterocycles. The molecule has 1 N–H and O–H groups in total. The Kier molecular flexibility index (Phi) is 7.12. The van der Waals surface area contributed by atoms with E-state index < -0.39 is 48.8 Å². The lowest BCUT2D eigenvalue weighted by atomic mass is 9.83. The fourth-order valence-electron chi connectivity index (χ4n) is 3.54. The number of carbonyl (C=O) groups is 1. The van der Waals surface area contributed by atoms with E-state index in [4.69, 9.17) is 29.5 Å². The molecule has 176 valence electrons. The molecule has 2 unspecified atom stereocenters. The SMILES string of the molecule is C#C[C@]1(C)[C@@H]2OP(=O)(OCCC(C)C(=O)OC(C)C)OC[C@H]2O[C@H]1n1ccc(=O)[nH]c1=O. The summed E-state index contributed by atoms with van der Waals surface area (Å²) < 4.78 is 41.6. The molecule has 11 nitrogen and oxygen atoms in total. The zero-order valence-electron chi connectivity index (χ0n) is 18.3. The van der Waals surface area contributed by atoms with E-state index in [1.807, 2.05) is 0 Å². The zero-order chi connectivity index (χ0) is 23.7. The van der Waals surface area contributed by atoms with E-state index in [2.05, 4.69) is 10.9 Å². The second-order valence-corrected chi connectivity index (χ2v) is 9.87. The largest absolute Gasteiger partial charge is 0.475 e. The van der Waals surface area contributed by atoms with Gasteiger partial charge in [0.2, 0.25) is 0 Å². The Morgan fingerprint density at radius 1 is 1.44 bits per heavy atom. The highest BCUT2D eigenvalue weighted by Gasteiger charge is 2.60. The molecule has 12 heteroatoms. The highest BCUT2D eigenvalue weighted by atomic mass is 31.2. The lowest BCUT2D eigenvalue weighted by Crippen LogP contribution is -2.43. The molecular weight excluding hydrogens is 443 g/mol. The van der Waals surface area contributed by atoms with Gasteiger partial charge >= 0.3 is 19.5 Å². The summed E-state index contributed by atoms with van der Waals surface area (Å²) in [5.74, 6) is 1.73. The molecule has 0 aromatic carbocycles. The number of H-pyrrole nitrogens is 1. The Morgan fingerprint density at radius 3 is 2.78 bits per heavy atom. The summed E-state index contributed by atoms with van der Waals surface area (Å²) in [6.45, 7) is 6.59. The summed E-state index contributed by atoms with van der Waals surface area (Å²) in [5.41, 5.74) is -2.48. The first-order chi connectivity index (χ1) is 15.0. The lowest BCUT2D eigenvalue weighted by Gasteiger charge is -2.35. The number of terminal acetylenes is 1. The van der Waals surface area contributed by atoms with Crippen molar-refractivity contribution in [2.24, 2.45) is 11.3 Å². The van der Waals surface area contributed by atoms with Crippen molar-refractivity contribution < 1.29 is 32.4 Å². The van der Waals surface area contributed by atoms with Gasteiger partial charge in [0.25, 0.3) is 5.56 Å². The summed E-state index contributed by atoms with van der Waals surface area (Å²) in [5, 5.41) is 0. The Balaban J connectivity index is 1.70. The molecule has 32 heavy (non-hydrogen) atoms. The molecule has 1 aromatic rings. The van der Waals surface area contributed by atoms with Gasteiger partial charge in [-0.3, -0.25) is 32.7 Å². The fourth-order valence-corrected chi connectivity index (χ4v) is 5.03. The molecule has 2 fully saturated rings. The molecule has 3 heterocycles. The van der Waals surface area contributed by atoms with Crippen molar-refractivity contribution in [2.75, 3.05) is 13.2 Å². The van der Waals surface area contributed by atoms with Crippen LogP contribution in [0.25, 0.3) is 0 Å². The van der Waals surface area contributed by atoms with Crippen molar-refractivity contribution in [3.8, 4) is 12.3 Å². The average Bonchev–Trinajstić information content (AvgIpc) is 2.99. The van der Waals surface area contributed by atoms with Crippen LogP contribution < -0.4 is 11.2 Å². The number of esters is 1. The highest BCUT2D eigenvalue weighted by Crippen LogP contribution is 2.60. The standard InChI is InChI=1S/C20H27N2O9P/c1-6-20(5)16-14(30-18(20)22-9-7-15(23)21-19(22)25)11-28-32(26,31-16)27-10-8-13(4)17(24)29-12(2)3/h1,7,9,12-14,16,18H,8,10-11H2,2-5H3,(H,21,23,25)/t13?,14-,16-,18-,20-,32?/m1/s1. The van der Waals surface area contributed by atoms with E-state index >= 15 is 0 Å². The average molecular weight is 470 g/mol. The molecule has 0 aliphatic carbocycles. The van der Waals surface area contributed by atoms with E-state index in [-0.39, 0.29) is 31.7 Å². The number of rotatable bonds is 7. The Morgan fingerprint density at radius 2 is 2.16 bits per heavy atom. The second-order valence-electron chi connectivity index (χ2n) is 8.25. The van der Waals surface area contributed by atoms with Gasteiger partial charge in [0.05, 0.1) is 25.2 Å². The number of phosphoric acid groups is 1. The predicted molar refractivity (Wildman–Crippen MR) is 112 cm³/mol. The van der Waals surface area contributed by atoms with E-state index in [9.17, 15) is 18.9 Å². The van der Waals surface area contributed by atoms with Crippen LogP contribution in [-0.2, 0) is 32.4 Å². The number of ether oxygens (including phenoxy) is 2. The maximum absolute atomic E-state index is 13.0. The number of nitrogens with zero attached hydrogens (tertiary/aromatic N) is 1. The Labute approximate surface area is 185 Å². The monoisotopic (exact) mass is 470 g/mol. The number of aromatic amines is 1. The van der Waals surface area contributed by atoms with Crippen LogP contribution in [-0.4, -0.2) is 47.0 Å². The van der Waals surface area contributed by atoms with Gasteiger partial charge in [0.1, 0.15) is 17.6 Å². The molecule has 0 radical (unpaired) electrons. The minimum Gasteiger partial charge on any atom is -0.463 e. The van der Waals surface area contributed by atoms with Gasteiger partial charge < -0.3 is 9.47 Å². The molecule has 0 saturated carbocycles. The minimum absolute atomic E-state index is 0.0700. The van der Waals surface area contributed by atoms with Gasteiger partial charge in [-0.05, 0) is 27.2 Å². The van der Waals surface area contributed by atoms with Crippen LogP contribution in [0.1, 0.15) is 40.3 Å². The zero-order valence-corrected chi connectivity index (χ0v) is 19.2. The second kappa shape index (κ2) is 9.33. The number of aromatic nitrogens is 2. The molecule has 2 saturated heterocycles. The van der Waals surface area contributed by atoms with E-state index in [0.717, 1.165) is 4.57 Å². The van der Waals surface area contributed by atoms with Crippen LogP contribution in [0.5, 0.6) is 0 Å². The number of phosphoric ester groups is 1. The highest BCUT2D eigenvalue weighted by molar-refractivity contribution is 7.48. The van der Waals surface area contributed by atoms with Crippen LogP contribution in [0.4, 0.5) is 0 Å². The lowest BCUT2D eigenvalue weighted by molar-refractivity contribution is -0.152. The molecule has 6 atom stereocenters. The van der Waals surface area contributed by atoms with Gasteiger partial charge in [-0.15, -0.1) is 6.42 Å². The van der Waals surface area contributed by atoms with Crippen molar-refractivity contribution in [1.29, 1.82) is 0 Å². The summed E-state index contributed by atoms with van der Waals surface area (Å²) in [6.07, 6.45) is 4.43.